The zero-order chi connectivity index (χ0) is 16.4. The zero-order valence-electron chi connectivity index (χ0n) is 12.7. The molecule has 118 valence electrons. The van der Waals surface area contributed by atoms with Crippen molar-refractivity contribution in [1.82, 2.24) is 14.7 Å². The summed E-state index contributed by atoms with van der Waals surface area (Å²) in [5, 5.41) is 6.38. The molecule has 0 aliphatic heterocycles. The Kier molecular flexibility index (Phi) is 3.55. The predicted molar refractivity (Wildman–Crippen MR) is 90.5 cm³/mol. The summed E-state index contributed by atoms with van der Waals surface area (Å²) in [6.45, 7) is 0.748. The minimum Gasteiger partial charge on any atom is -0.338 e. The fourth-order valence-electron chi connectivity index (χ4n) is 2.65. The van der Waals surface area contributed by atoms with Gasteiger partial charge in [-0.3, -0.25) is 10.1 Å². The normalized spacial score (nSPS) is 10.8. The van der Waals surface area contributed by atoms with Crippen molar-refractivity contribution in [3.63, 3.8) is 0 Å². The van der Waals surface area contributed by atoms with Crippen molar-refractivity contribution in [1.29, 1.82) is 0 Å². The van der Waals surface area contributed by atoms with Gasteiger partial charge in [-0.2, -0.15) is 0 Å². The van der Waals surface area contributed by atoms with E-state index in [1.165, 1.54) is 0 Å². The van der Waals surface area contributed by atoms with Gasteiger partial charge in [0.1, 0.15) is 5.69 Å². The molecule has 0 bridgehead atoms. The smallest absolute Gasteiger partial charge is 0.231 e. The first-order valence-corrected chi connectivity index (χ1v) is 7.49. The SMILES string of the molecule is O=CNc1cc(-c2ccc(Cn3cnc4ccccc43)cc2)no1. The second-order valence-electron chi connectivity index (χ2n) is 5.40. The molecule has 2 aromatic heterocycles. The molecule has 2 heterocycles. The molecule has 1 amide bonds. The molecule has 4 aromatic rings. The van der Waals surface area contributed by atoms with Crippen LogP contribution < -0.4 is 5.32 Å². The van der Waals surface area contributed by atoms with Gasteiger partial charge < -0.3 is 9.09 Å². The van der Waals surface area contributed by atoms with Crippen molar-refractivity contribution in [3.05, 3.63) is 66.5 Å². The number of fused-ring (bicyclic) bond motifs is 1. The first-order chi connectivity index (χ1) is 11.8. The summed E-state index contributed by atoms with van der Waals surface area (Å²) in [6, 6.07) is 17.8. The quantitative estimate of drug-likeness (QED) is 0.573. The van der Waals surface area contributed by atoms with Crippen LogP contribution >= 0.6 is 0 Å². The summed E-state index contributed by atoms with van der Waals surface area (Å²) in [5.74, 6) is 0.328. The summed E-state index contributed by atoms with van der Waals surface area (Å²) in [7, 11) is 0. The van der Waals surface area contributed by atoms with Crippen LogP contribution in [-0.2, 0) is 11.3 Å². The highest BCUT2D eigenvalue weighted by atomic mass is 16.5. The van der Waals surface area contributed by atoms with Crippen LogP contribution in [0.1, 0.15) is 5.56 Å². The Labute approximate surface area is 137 Å². The van der Waals surface area contributed by atoms with Gasteiger partial charge in [0.2, 0.25) is 12.3 Å². The van der Waals surface area contributed by atoms with E-state index in [4.69, 9.17) is 4.52 Å². The van der Waals surface area contributed by atoms with Crippen molar-refractivity contribution in [3.8, 4) is 11.3 Å². The number of amides is 1. The highest BCUT2D eigenvalue weighted by Crippen LogP contribution is 2.22. The van der Waals surface area contributed by atoms with Gasteiger partial charge in [0.25, 0.3) is 0 Å². The standard InChI is InChI=1S/C18H14N4O2/c23-12-20-18-9-16(21-24-18)14-7-5-13(6-8-14)10-22-11-19-15-3-1-2-4-17(15)22/h1-9,11-12H,10H2,(H,20,23). The molecular formula is C18H14N4O2. The Morgan fingerprint density at radius 3 is 2.79 bits per heavy atom. The number of anilines is 1. The van der Waals surface area contributed by atoms with Gasteiger partial charge >= 0.3 is 0 Å². The molecule has 2 aromatic carbocycles. The van der Waals surface area contributed by atoms with E-state index in [0.717, 1.165) is 28.7 Å². The number of carbonyl (C=O) groups is 1. The Bertz CT molecular complexity index is 986. The third-order valence-electron chi connectivity index (χ3n) is 3.84. The first-order valence-electron chi connectivity index (χ1n) is 7.49. The Balaban J connectivity index is 1.56. The second-order valence-corrected chi connectivity index (χ2v) is 5.40. The van der Waals surface area contributed by atoms with Crippen LogP contribution in [0.3, 0.4) is 0 Å². The molecular weight excluding hydrogens is 304 g/mol. The van der Waals surface area contributed by atoms with Gasteiger partial charge in [0.05, 0.1) is 17.4 Å². The van der Waals surface area contributed by atoms with Gasteiger partial charge in [-0.1, -0.05) is 41.6 Å². The number of imidazole rings is 1. The number of benzene rings is 2. The van der Waals surface area contributed by atoms with Crippen LogP contribution in [-0.4, -0.2) is 21.1 Å². The number of carbonyl (C=O) groups excluding carboxylic acids is 1. The lowest BCUT2D eigenvalue weighted by atomic mass is 10.1. The van der Waals surface area contributed by atoms with E-state index < -0.39 is 0 Å². The Hall–Kier alpha value is -3.41. The van der Waals surface area contributed by atoms with Crippen LogP contribution in [0.2, 0.25) is 0 Å². The van der Waals surface area contributed by atoms with E-state index in [9.17, 15) is 4.79 Å². The predicted octanol–water partition coefficient (Wildman–Crippen LogP) is 3.31. The minimum atomic E-state index is 0.328. The van der Waals surface area contributed by atoms with Gasteiger partial charge in [-0.25, -0.2) is 4.98 Å². The van der Waals surface area contributed by atoms with E-state index >= 15 is 0 Å². The molecule has 1 N–H and O–H groups in total. The number of hydrogen-bond donors (Lipinski definition) is 1. The van der Waals surface area contributed by atoms with Gasteiger partial charge in [0.15, 0.2) is 0 Å². The zero-order valence-corrected chi connectivity index (χ0v) is 12.7. The fourth-order valence-corrected chi connectivity index (χ4v) is 2.65. The van der Waals surface area contributed by atoms with Crippen molar-refractivity contribution in [2.45, 2.75) is 6.54 Å². The Morgan fingerprint density at radius 1 is 1.12 bits per heavy atom. The number of rotatable bonds is 5. The van der Waals surface area contributed by atoms with Crippen LogP contribution in [0.4, 0.5) is 5.88 Å². The molecule has 0 aliphatic carbocycles. The molecule has 0 radical (unpaired) electrons. The second kappa shape index (κ2) is 6.00. The van der Waals surface area contributed by atoms with Crippen molar-refractivity contribution < 1.29 is 9.32 Å². The molecule has 0 aliphatic rings. The molecule has 24 heavy (non-hydrogen) atoms. The third-order valence-corrected chi connectivity index (χ3v) is 3.84. The maximum Gasteiger partial charge on any atom is 0.231 e. The monoisotopic (exact) mass is 318 g/mol. The van der Waals surface area contributed by atoms with Crippen LogP contribution in [0, 0.1) is 0 Å². The van der Waals surface area contributed by atoms with Crippen molar-refractivity contribution in [2.75, 3.05) is 5.32 Å². The summed E-state index contributed by atoms with van der Waals surface area (Å²) in [5.41, 5.74) is 4.88. The van der Waals surface area contributed by atoms with Gasteiger partial charge in [0, 0.05) is 18.2 Å². The fraction of sp³-hybridized carbons (Fsp3) is 0.0556. The molecule has 0 spiro atoms. The molecule has 6 nitrogen and oxygen atoms in total. The summed E-state index contributed by atoms with van der Waals surface area (Å²) >= 11 is 0. The molecule has 0 unspecified atom stereocenters. The van der Waals surface area contributed by atoms with Crippen LogP contribution in [0.25, 0.3) is 22.3 Å². The average Bonchev–Trinajstić information content (AvgIpc) is 3.24. The minimum absolute atomic E-state index is 0.328. The largest absolute Gasteiger partial charge is 0.338 e. The maximum atomic E-state index is 10.4. The molecule has 4 rings (SSSR count). The van der Waals surface area contributed by atoms with Gasteiger partial charge in [-0.15, -0.1) is 0 Å². The van der Waals surface area contributed by atoms with Crippen LogP contribution in [0.5, 0.6) is 0 Å². The van der Waals surface area contributed by atoms with E-state index in [1.807, 2.05) is 48.8 Å². The molecule has 0 saturated heterocycles. The maximum absolute atomic E-state index is 10.4. The van der Waals surface area contributed by atoms with Crippen molar-refractivity contribution in [2.24, 2.45) is 0 Å². The van der Waals surface area contributed by atoms with E-state index in [0.29, 0.717) is 18.0 Å². The van der Waals surface area contributed by atoms with Gasteiger partial charge in [-0.05, 0) is 17.7 Å². The lowest BCUT2D eigenvalue weighted by molar-refractivity contribution is -0.105. The molecule has 0 fully saturated rings. The topological polar surface area (TPSA) is 73.0 Å². The van der Waals surface area contributed by atoms with E-state index in [2.05, 4.69) is 26.1 Å². The third kappa shape index (κ3) is 2.65. The summed E-state index contributed by atoms with van der Waals surface area (Å²) in [6.07, 6.45) is 2.41. The molecule has 6 heteroatoms. The number of aromatic nitrogens is 3. The lowest BCUT2D eigenvalue weighted by Crippen LogP contribution is -1.97. The first kappa shape index (κ1) is 14.2. The number of nitrogens with zero attached hydrogens (tertiary/aromatic N) is 3. The Morgan fingerprint density at radius 2 is 1.96 bits per heavy atom. The average molecular weight is 318 g/mol. The van der Waals surface area contributed by atoms with Crippen LogP contribution in [0.15, 0.2) is 65.4 Å². The lowest BCUT2D eigenvalue weighted by Gasteiger charge is -2.05. The number of para-hydroxylation sites is 2. The number of hydrogen-bond acceptors (Lipinski definition) is 4. The number of nitrogens with one attached hydrogen (secondary N) is 1. The van der Waals surface area contributed by atoms with E-state index in [1.54, 1.807) is 6.07 Å². The molecule has 0 atom stereocenters. The summed E-state index contributed by atoms with van der Waals surface area (Å²) in [4.78, 5) is 14.8. The van der Waals surface area contributed by atoms with Crippen molar-refractivity contribution >= 4 is 23.3 Å². The molecule has 0 saturated carbocycles. The summed E-state index contributed by atoms with van der Waals surface area (Å²) < 4.78 is 7.14. The highest BCUT2D eigenvalue weighted by molar-refractivity contribution is 5.75. The highest BCUT2D eigenvalue weighted by Gasteiger charge is 2.07. The van der Waals surface area contributed by atoms with E-state index in [-0.39, 0.29) is 0 Å².